The third-order valence-electron chi connectivity index (χ3n) is 5.27. The highest BCUT2D eigenvalue weighted by Gasteiger charge is 2.25. The zero-order valence-corrected chi connectivity index (χ0v) is 16.5. The predicted molar refractivity (Wildman–Crippen MR) is 111 cm³/mol. The van der Waals surface area contributed by atoms with Gasteiger partial charge in [-0.1, -0.05) is 30.3 Å². The van der Waals surface area contributed by atoms with Crippen molar-refractivity contribution in [3.8, 4) is 5.75 Å². The maximum atomic E-state index is 12.7. The first-order chi connectivity index (χ1) is 14.0. The second-order valence-electron chi connectivity index (χ2n) is 7.19. The van der Waals surface area contributed by atoms with Gasteiger partial charge in [0, 0.05) is 37.8 Å². The number of hydrogen-bond acceptors (Lipinski definition) is 6. The van der Waals surface area contributed by atoms with E-state index in [9.17, 15) is 14.9 Å². The number of rotatable bonds is 7. The predicted octanol–water partition coefficient (Wildman–Crippen LogP) is 2.62. The number of anilines is 1. The Balaban J connectivity index is 1.56. The van der Waals surface area contributed by atoms with Crippen LogP contribution in [-0.2, 0) is 6.42 Å². The summed E-state index contributed by atoms with van der Waals surface area (Å²) in [5.74, 6) is -0.154. The van der Waals surface area contributed by atoms with Gasteiger partial charge in [-0.25, -0.2) is 0 Å². The van der Waals surface area contributed by atoms with Gasteiger partial charge in [0.05, 0.1) is 17.6 Å². The van der Waals surface area contributed by atoms with Crippen LogP contribution in [-0.4, -0.2) is 48.5 Å². The van der Waals surface area contributed by atoms with E-state index in [0.29, 0.717) is 0 Å². The number of nitrogens with one attached hydrogen (secondary N) is 1. The molecule has 0 aliphatic carbocycles. The van der Waals surface area contributed by atoms with Gasteiger partial charge in [-0.15, -0.1) is 0 Å². The summed E-state index contributed by atoms with van der Waals surface area (Å²) in [5.41, 5.74) is 6.79. The third kappa shape index (κ3) is 5.23. The van der Waals surface area contributed by atoms with Crippen LogP contribution in [0.15, 0.2) is 42.5 Å². The van der Waals surface area contributed by atoms with Crippen LogP contribution in [0.1, 0.15) is 28.8 Å². The number of hydrogen-bond donors (Lipinski definition) is 2. The van der Waals surface area contributed by atoms with E-state index in [4.69, 9.17) is 10.5 Å². The van der Waals surface area contributed by atoms with Gasteiger partial charge in [0.1, 0.15) is 11.4 Å². The molecule has 3 rings (SSSR count). The molecule has 0 aromatic heterocycles. The van der Waals surface area contributed by atoms with E-state index in [1.165, 1.54) is 24.8 Å². The molecule has 1 saturated heterocycles. The summed E-state index contributed by atoms with van der Waals surface area (Å²) >= 11 is 0. The van der Waals surface area contributed by atoms with Crippen LogP contribution in [0.4, 0.5) is 11.4 Å². The molecule has 1 aliphatic rings. The van der Waals surface area contributed by atoms with Crippen LogP contribution in [0, 0.1) is 10.1 Å². The number of nitro groups is 1. The molecule has 8 heteroatoms. The molecule has 154 valence electrons. The van der Waals surface area contributed by atoms with Crippen molar-refractivity contribution in [2.75, 3.05) is 32.5 Å². The first kappa shape index (κ1) is 20.6. The second-order valence-corrected chi connectivity index (χ2v) is 7.19. The van der Waals surface area contributed by atoms with E-state index in [-0.39, 0.29) is 34.6 Å². The molecule has 8 nitrogen and oxygen atoms in total. The van der Waals surface area contributed by atoms with Crippen molar-refractivity contribution in [2.24, 2.45) is 0 Å². The van der Waals surface area contributed by atoms with Gasteiger partial charge in [-0.2, -0.15) is 0 Å². The summed E-state index contributed by atoms with van der Waals surface area (Å²) in [6.45, 7) is 2.79. The number of carbonyl (C=O) groups excluding carboxylic acids is 1. The maximum Gasteiger partial charge on any atom is 0.293 e. The molecule has 1 amide bonds. The number of nitrogens with zero attached hydrogens (tertiary/aromatic N) is 2. The minimum Gasteiger partial charge on any atom is -0.496 e. The molecule has 2 aromatic rings. The molecule has 0 unspecified atom stereocenters. The number of amides is 1. The third-order valence-corrected chi connectivity index (χ3v) is 5.27. The van der Waals surface area contributed by atoms with Gasteiger partial charge < -0.3 is 20.7 Å². The van der Waals surface area contributed by atoms with Crippen molar-refractivity contribution in [2.45, 2.75) is 25.3 Å². The Hall–Kier alpha value is -3.13. The lowest BCUT2D eigenvalue weighted by Gasteiger charge is -2.32. The number of likely N-dealkylation sites (tertiary alicyclic amines) is 1. The van der Waals surface area contributed by atoms with Crippen molar-refractivity contribution < 1.29 is 14.5 Å². The molecule has 29 heavy (non-hydrogen) atoms. The molecule has 0 bridgehead atoms. The maximum absolute atomic E-state index is 12.7. The Bertz CT molecular complexity index is 864. The number of nitrogens with two attached hydrogens (primary N) is 1. The Morgan fingerprint density at radius 2 is 1.97 bits per heavy atom. The van der Waals surface area contributed by atoms with Crippen LogP contribution in [0.3, 0.4) is 0 Å². The smallest absolute Gasteiger partial charge is 0.293 e. The fraction of sp³-hybridized carbons (Fsp3) is 0.381. The van der Waals surface area contributed by atoms with Crippen molar-refractivity contribution >= 4 is 17.3 Å². The molecular formula is C21H26N4O4. The van der Waals surface area contributed by atoms with E-state index >= 15 is 0 Å². The van der Waals surface area contributed by atoms with Crippen molar-refractivity contribution in [1.29, 1.82) is 0 Å². The number of benzene rings is 2. The highest BCUT2D eigenvalue weighted by molar-refractivity contribution is 5.98. The zero-order chi connectivity index (χ0) is 20.8. The van der Waals surface area contributed by atoms with Gasteiger partial charge in [-0.3, -0.25) is 14.9 Å². The lowest BCUT2D eigenvalue weighted by atomic mass is 10.0. The lowest BCUT2D eigenvalue weighted by molar-refractivity contribution is -0.383. The molecule has 2 aromatic carbocycles. The largest absolute Gasteiger partial charge is 0.496 e. The molecule has 1 aliphatic heterocycles. The summed E-state index contributed by atoms with van der Waals surface area (Å²) in [5, 5.41) is 14.1. The molecule has 3 N–H and O–H groups in total. The molecule has 0 atom stereocenters. The monoisotopic (exact) mass is 398 g/mol. The van der Waals surface area contributed by atoms with Crippen LogP contribution in [0.25, 0.3) is 0 Å². The molecule has 0 spiro atoms. The number of ether oxygens (including phenoxy) is 1. The minimum absolute atomic E-state index is 0.0248. The van der Waals surface area contributed by atoms with Crippen molar-refractivity contribution in [1.82, 2.24) is 10.2 Å². The van der Waals surface area contributed by atoms with Gasteiger partial charge in [0.2, 0.25) is 0 Å². The van der Waals surface area contributed by atoms with E-state index in [2.05, 4.69) is 22.3 Å². The van der Waals surface area contributed by atoms with E-state index in [1.54, 1.807) is 0 Å². The fourth-order valence-corrected chi connectivity index (χ4v) is 3.58. The van der Waals surface area contributed by atoms with Gasteiger partial charge in [-0.05, 0) is 24.8 Å². The molecule has 0 saturated carbocycles. The number of nitro benzene ring substituents is 1. The second kappa shape index (κ2) is 9.38. The summed E-state index contributed by atoms with van der Waals surface area (Å²) < 4.78 is 5.19. The normalized spacial score (nSPS) is 15.1. The van der Waals surface area contributed by atoms with Crippen LogP contribution < -0.4 is 15.8 Å². The standard InChI is InChI=1S/C21H26N4O4/c1-29-20-14-18(22)19(25(27)28)13-17(20)21(26)23-16-8-11-24(12-9-16)10-7-15-5-3-2-4-6-15/h2-6,13-14,16H,7-12,22H2,1H3,(H,23,26). The Kier molecular flexibility index (Phi) is 6.66. The van der Waals surface area contributed by atoms with E-state index < -0.39 is 4.92 Å². The average molecular weight is 398 g/mol. The van der Waals surface area contributed by atoms with Crippen LogP contribution >= 0.6 is 0 Å². The van der Waals surface area contributed by atoms with Crippen LogP contribution in [0.5, 0.6) is 5.75 Å². The molecule has 1 fully saturated rings. The molecular weight excluding hydrogens is 372 g/mol. The number of methoxy groups -OCH3 is 1. The highest BCUT2D eigenvalue weighted by Crippen LogP contribution is 2.30. The van der Waals surface area contributed by atoms with Crippen molar-refractivity contribution in [3.05, 3.63) is 63.7 Å². The van der Waals surface area contributed by atoms with Gasteiger partial charge in [0.15, 0.2) is 0 Å². The topological polar surface area (TPSA) is 111 Å². The van der Waals surface area contributed by atoms with E-state index in [0.717, 1.165) is 38.9 Å². The summed E-state index contributed by atoms with van der Waals surface area (Å²) in [6.07, 6.45) is 2.67. The average Bonchev–Trinajstić information content (AvgIpc) is 2.73. The number of nitrogen functional groups attached to an aromatic ring is 1. The minimum atomic E-state index is -0.600. The number of piperidine rings is 1. The quantitative estimate of drug-likeness (QED) is 0.421. The lowest BCUT2D eigenvalue weighted by Crippen LogP contribution is -2.45. The Morgan fingerprint density at radius 3 is 2.59 bits per heavy atom. The SMILES string of the molecule is COc1cc(N)c([N+](=O)[O-])cc1C(=O)NC1CCN(CCc2ccccc2)CC1. The molecule has 0 radical (unpaired) electrons. The van der Waals surface area contributed by atoms with Gasteiger partial charge in [0.25, 0.3) is 11.6 Å². The summed E-state index contributed by atoms with van der Waals surface area (Å²) in [6, 6.07) is 12.9. The molecule has 1 heterocycles. The Labute approximate surface area is 169 Å². The highest BCUT2D eigenvalue weighted by atomic mass is 16.6. The van der Waals surface area contributed by atoms with Crippen LogP contribution in [0.2, 0.25) is 0 Å². The first-order valence-corrected chi connectivity index (χ1v) is 9.67. The fourth-order valence-electron chi connectivity index (χ4n) is 3.58. The number of carbonyl (C=O) groups is 1. The zero-order valence-electron chi connectivity index (χ0n) is 16.5. The first-order valence-electron chi connectivity index (χ1n) is 9.67. The Morgan fingerprint density at radius 1 is 1.28 bits per heavy atom. The van der Waals surface area contributed by atoms with Gasteiger partial charge >= 0.3 is 0 Å². The summed E-state index contributed by atoms with van der Waals surface area (Å²) in [7, 11) is 1.41. The van der Waals surface area contributed by atoms with Crippen molar-refractivity contribution in [3.63, 3.8) is 0 Å². The summed E-state index contributed by atoms with van der Waals surface area (Å²) in [4.78, 5) is 25.6. The van der Waals surface area contributed by atoms with E-state index in [1.807, 2.05) is 18.2 Å².